The molecule has 2 aromatic carbocycles. The number of fused-ring (bicyclic) bond motifs is 1. The maximum Gasteiger partial charge on any atom is 0.344 e. The smallest absolute Gasteiger partial charge is 0.344 e. The lowest BCUT2D eigenvalue weighted by atomic mass is 9.88. The van der Waals surface area contributed by atoms with Gasteiger partial charge in [0.15, 0.2) is 18.1 Å². The number of aromatic nitrogens is 2. The number of methoxy groups -OCH3 is 1. The highest BCUT2D eigenvalue weighted by Gasteiger charge is 2.23. The van der Waals surface area contributed by atoms with Crippen LogP contribution in [-0.4, -0.2) is 42.2 Å². The molecule has 0 aliphatic heterocycles. The van der Waals surface area contributed by atoms with E-state index in [4.69, 9.17) is 19.2 Å². The van der Waals surface area contributed by atoms with Crippen molar-refractivity contribution in [2.75, 3.05) is 20.3 Å². The van der Waals surface area contributed by atoms with Gasteiger partial charge in [-0.25, -0.2) is 9.78 Å². The third-order valence-electron chi connectivity index (χ3n) is 6.02. The topological polar surface area (TPSA) is 92.0 Å². The Morgan fingerprint density at radius 2 is 1.94 bits per heavy atom. The van der Waals surface area contributed by atoms with Crippen LogP contribution in [0.1, 0.15) is 56.3 Å². The molecule has 0 amide bonds. The molecule has 10 heteroatoms. The SMILES string of the molecule is CCOC(=O)COc1c(C=Nn2c(C3CCCCC3)nc3ccc(Br)cc3c2=O)cc(Br)cc1OC. The third kappa shape index (κ3) is 5.98. The fraction of sp³-hybridized carbons (Fsp3) is 0.385. The maximum atomic E-state index is 13.6. The van der Waals surface area contributed by atoms with Gasteiger partial charge in [-0.15, -0.1) is 0 Å². The van der Waals surface area contributed by atoms with Gasteiger partial charge in [0.2, 0.25) is 0 Å². The van der Waals surface area contributed by atoms with Crippen molar-refractivity contribution < 1.29 is 19.0 Å². The number of hydrogen-bond donors (Lipinski definition) is 0. The number of halogens is 2. The molecule has 8 nitrogen and oxygen atoms in total. The second kappa shape index (κ2) is 12.0. The van der Waals surface area contributed by atoms with Gasteiger partial charge in [0.1, 0.15) is 5.82 Å². The molecule has 1 aliphatic rings. The van der Waals surface area contributed by atoms with E-state index >= 15 is 0 Å². The van der Waals surface area contributed by atoms with E-state index in [1.54, 1.807) is 25.1 Å². The van der Waals surface area contributed by atoms with E-state index in [0.29, 0.717) is 33.8 Å². The Bertz CT molecular complexity index is 1350. The van der Waals surface area contributed by atoms with Crippen LogP contribution in [0.3, 0.4) is 0 Å². The fourth-order valence-electron chi connectivity index (χ4n) is 4.35. The highest BCUT2D eigenvalue weighted by Crippen LogP contribution is 2.35. The molecule has 0 atom stereocenters. The van der Waals surface area contributed by atoms with Crippen molar-refractivity contribution >= 4 is 54.9 Å². The maximum absolute atomic E-state index is 13.6. The zero-order valence-electron chi connectivity index (χ0n) is 20.1. The molecule has 1 aliphatic carbocycles. The lowest BCUT2D eigenvalue weighted by Gasteiger charge is -2.22. The summed E-state index contributed by atoms with van der Waals surface area (Å²) in [5.41, 5.74) is 0.938. The largest absolute Gasteiger partial charge is 0.493 e. The van der Waals surface area contributed by atoms with E-state index in [-0.39, 0.29) is 24.7 Å². The Labute approximate surface area is 225 Å². The lowest BCUT2D eigenvalue weighted by Crippen LogP contribution is -2.25. The average molecular weight is 621 g/mol. The molecule has 36 heavy (non-hydrogen) atoms. The molecule has 4 rings (SSSR count). The molecular weight excluding hydrogens is 594 g/mol. The first-order valence-corrected chi connectivity index (χ1v) is 13.4. The number of nitrogens with zero attached hydrogens (tertiary/aromatic N) is 3. The molecule has 1 heterocycles. The molecule has 1 fully saturated rings. The van der Waals surface area contributed by atoms with Crippen LogP contribution >= 0.6 is 31.9 Å². The number of benzene rings is 2. The molecule has 0 saturated heterocycles. The standard InChI is InChI=1S/C26H27Br2N3O5/c1-3-35-23(32)15-36-24-17(11-19(28)13-22(24)34-2)14-29-31-25(16-7-5-4-6-8-16)30-21-10-9-18(27)12-20(21)26(31)33/h9-14,16H,3-8,15H2,1-2H3. The quantitative estimate of drug-likeness (QED) is 0.233. The molecular formula is C26H27Br2N3O5. The van der Waals surface area contributed by atoms with Crippen molar-refractivity contribution in [1.82, 2.24) is 9.66 Å². The van der Waals surface area contributed by atoms with E-state index in [9.17, 15) is 9.59 Å². The van der Waals surface area contributed by atoms with Gasteiger partial charge >= 0.3 is 5.97 Å². The predicted octanol–water partition coefficient (Wildman–Crippen LogP) is 5.80. The molecule has 0 unspecified atom stereocenters. The first-order valence-electron chi connectivity index (χ1n) is 11.8. The molecule has 0 radical (unpaired) electrons. The van der Waals surface area contributed by atoms with Gasteiger partial charge in [-0.05, 0) is 50.1 Å². The zero-order valence-corrected chi connectivity index (χ0v) is 23.3. The Kier molecular flexibility index (Phi) is 8.79. The number of carbonyl (C=O) groups excluding carboxylic acids is 1. The second-order valence-electron chi connectivity index (χ2n) is 8.45. The van der Waals surface area contributed by atoms with Crippen molar-refractivity contribution in [3.63, 3.8) is 0 Å². The summed E-state index contributed by atoms with van der Waals surface area (Å²) < 4.78 is 19.1. The minimum absolute atomic E-state index is 0.147. The van der Waals surface area contributed by atoms with Crippen LogP contribution < -0.4 is 15.0 Å². The van der Waals surface area contributed by atoms with Gasteiger partial charge in [0.25, 0.3) is 5.56 Å². The third-order valence-corrected chi connectivity index (χ3v) is 6.98. The Balaban J connectivity index is 1.81. The highest BCUT2D eigenvalue weighted by molar-refractivity contribution is 9.10. The van der Waals surface area contributed by atoms with Crippen LogP contribution in [0.2, 0.25) is 0 Å². The Hall–Kier alpha value is -2.72. The summed E-state index contributed by atoms with van der Waals surface area (Å²) in [6.45, 7) is 1.70. The lowest BCUT2D eigenvalue weighted by molar-refractivity contribution is -0.145. The summed E-state index contributed by atoms with van der Waals surface area (Å²) >= 11 is 6.92. The summed E-state index contributed by atoms with van der Waals surface area (Å²) in [6.07, 6.45) is 6.83. The van der Waals surface area contributed by atoms with Crippen molar-refractivity contribution in [2.45, 2.75) is 44.9 Å². The summed E-state index contributed by atoms with van der Waals surface area (Å²) in [7, 11) is 1.51. The molecule has 1 aromatic heterocycles. The molecule has 3 aromatic rings. The van der Waals surface area contributed by atoms with Gasteiger partial charge in [-0.3, -0.25) is 4.79 Å². The Morgan fingerprint density at radius 1 is 1.17 bits per heavy atom. The van der Waals surface area contributed by atoms with Gasteiger partial charge in [0.05, 0.1) is 30.8 Å². The predicted molar refractivity (Wildman–Crippen MR) is 145 cm³/mol. The number of carbonyl (C=O) groups is 1. The number of esters is 1. The van der Waals surface area contributed by atoms with Gasteiger partial charge in [0, 0.05) is 20.4 Å². The second-order valence-corrected chi connectivity index (χ2v) is 10.3. The van der Waals surface area contributed by atoms with Crippen LogP contribution in [0.15, 0.2) is 49.2 Å². The number of hydrogen-bond acceptors (Lipinski definition) is 7. The summed E-state index contributed by atoms with van der Waals surface area (Å²) in [5.74, 6) is 1.04. The van der Waals surface area contributed by atoms with Crippen LogP contribution in [0.5, 0.6) is 11.5 Å². The minimum Gasteiger partial charge on any atom is -0.493 e. The molecule has 190 valence electrons. The van der Waals surface area contributed by atoms with Crippen molar-refractivity contribution in [3.8, 4) is 11.5 Å². The minimum atomic E-state index is -0.495. The van der Waals surface area contributed by atoms with E-state index in [1.165, 1.54) is 24.4 Å². The van der Waals surface area contributed by atoms with Crippen LogP contribution in [0.25, 0.3) is 10.9 Å². The van der Waals surface area contributed by atoms with Gasteiger partial charge in [-0.1, -0.05) is 51.1 Å². The normalized spacial score (nSPS) is 14.3. The summed E-state index contributed by atoms with van der Waals surface area (Å²) in [4.78, 5) is 30.4. The van der Waals surface area contributed by atoms with Crippen LogP contribution in [0, 0.1) is 0 Å². The molecule has 0 spiro atoms. The van der Waals surface area contributed by atoms with E-state index in [0.717, 1.165) is 34.6 Å². The van der Waals surface area contributed by atoms with Crippen molar-refractivity contribution in [2.24, 2.45) is 5.10 Å². The molecule has 0 bridgehead atoms. The van der Waals surface area contributed by atoms with Gasteiger partial charge < -0.3 is 14.2 Å². The summed E-state index contributed by atoms with van der Waals surface area (Å²) in [6, 6.07) is 9.00. The van der Waals surface area contributed by atoms with E-state index < -0.39 is 5.97 Å². The molecule has 1 saturated carbocycles. The monoisotopic (exact) mass is 619 g/mol. The average Bonchev–Trinajstić information content (AvgIpc) is 2.88. The van der Waals surface area contributed by atoms with Gasteiger partial charge in [-0.2, -0.15) is 9.78 Å². The van der Waals surface area contributed by atoms with Crippen LogP contribution in [-0.2, 0) is 9.53 Å². The Morgan fingerprint density at radius 3 is 2.67 bits per heavy atom. The first-order chi connectivity index (χ1) is 17.4. The number of ether oxygens (including phenoxy) is 3. The molecule has 0 N–H and O–H groups in total. The van der Waals surface area contributed by atoms with Crippen molar-refractivity contribution in [1.29, 1.82) is 0 Å². The first kappa shape index (κ1) is 26.3. The van der Waals surface area contributed by atoms with Crippen molar-refractivity contribution in [3.05, 3.63) is 61.0 Å². The summed E-state index contributed by atoms with van der Waals surface area (Å²) in [5, 5.41) is 5.08. The van der Waals surface area contributed by atoms with E-state index in [1.807, 2.05) is 12.1 Å². The number of rotatable bonds is 8. The fourth-order valence-corrected chi connectivity index (χ4v) is 5.16. The van der Waals surface area contributed by atoms with E-state index in [2.05, 4.69) is 37.0 Å². The van der Waals surface area contributed by atoms with Crippen LogP contribution in [0.4, 0.5) is 0 Å². The zero-order chi connectivity index (χ0) is 25.7. The highest BCUT2D eigenvalue weighted by atomic mass is 79.9.